The number of nitrogens with one attached hydrogen (secondary N) is 1. The van der Waals surface area contributed by atoms with Crippen LogP contribution in [0, 0.1) is 6.92 Å². The second kappa shape index (κ2) is 7.66. The average Bonchev–Trinajstić information content (AvgIpc) is 3.11. The lowest BCUT2D eigenvalue weighted by molar-refractivity contribution is -0.127. The van der Waals surface area contributed by atoms with E-state index in [-0.39, 0.29) is 11.9 Å². The van der Waals surface area contributed by atoms with Crippen molar-refractivity contribution in [3.05, 3.63) is 35.4 Å². The summed E-state index contributed by atoms with van der Waals surface area (Å²) in [7, 11) is 0. The van der Waals surface area contributed by atoms with E-state index in [9.17, 15) is 4.79 Å². The number of amides is 1. The van der Waals surface area contributed by atoms with Crippen LogP contribution in [-0.2, 0) is 4.79 Å². The molecule has 0 bridgehead atoms. The van der Waals surface area contributed by atoms with E-state index < -0.39 is 5.54 Å². The van der Waals surface area contributed by atoms with Gasteiger partial charge in [-0.2, -0.15) is 0 Å². The number of rotatable bonds is 5. The number of hydrogen-bond acceptors (Lipinski definition) is 3. The van der Waals surface area contributed by atoms with Crippen molar-refractivity contribution in [3.8, 4) is 0 Å². The summed E-state index contributed by atoms with van der Waals surface area (Å²) in [6.07, 6.45) is 7.46. The van der Waals surface area contributed by atoms with Gasteiger partial charge in [-0.1, -0.05) is 49.1 Å². The van der Waals surface area contributed by atoms with Crippen LogP contribution in [0.3, 0.4) is 0 Å². The summed E-state index contributed by atoms with van der Waals surface area (Å²) in [6, 6.07) is 8.97. The number of hydrogen-bond donors (Lipinski definition) is 2. The molecular weight excluding hydrogens is 298 g/mol. The quantitative estimate of drug-likeness (QED) is 0.873. The Kier molecular flexibility index (Phi) is 5.57. The third kappa shape index (κ3) is 3.98. The van der Waals surface area contributed by atoms with Gasteiger partial charge in [-0.25, -0.2) is 0 Å². The molecule has 2 aliphatic rings. The summed E-state index contributed by atoms with van der Waals surface area (Å²) in [5, 5.41) is 3.18. The highest BCUT2D eigenvalue weighted by Crippen LogP contribution is 2.28. The van der Waals surface area contributed by atoms with Crippen LogP contribution in [0.5, 0.6) is 0 Å². The highest BCUT2D eigenvalue weighted by molar-refractivity contribution is 5.86. The largest absolute Gasteiger partial charge is 0.353 e. The van der Waals surface area contributed by atoms with Gasteiger partial charge in [-0.3, -0.25) is 9.69 Å². The first kappa shape index (κ1) is 17.4. The molecule has 1 unspecified atom stereocenters. The van der Waals surface area contributed by atoms with Gasteiger partial charge in [0.25, 0.3) is 0 Å². The molecule has 24 heavy (non-hydrogen) atoms. The van der Waals surface area contributed by atoms with Gasteiger partial charge in [0.2, 0.25) is 5.91 Å². The van der Waals surface area contributed by atoms with Crippen molar-refractivity contribution in [2.24, 2.45) is 5.73 Å². The number of nitrogens with two attached hydrogens (primary N) is 1. The minimum absolute atomic E-state index is 0.0403. The number of benzene rings is 1. The normalized spacial score (nSPS) is 22.2. The molecular formula is C20H31N3O. The van der Waals surface area contributed by atoms with E-state index in [1.807, 2.05) is 0 Å². The van der Waals surface area contributed by atoms with Gasteiger partial charge in [0.1, 0.15) is 0 Å². The lowest BCUT2D eigenvalue weighted by Crippen LogP contribution is -2.56. The van der Waals surface area contributed by atoms with E-state index in [0.717, 1.165) is 38.8 Å². The van der Waals surface area contributed by atoms with Crippen molar-refractivity contribution in [3.63, 3.8) is 0 Å². The van der Waals surface area contributed by atoms with Crippen molar-refractivity contribution in [2.45, 2.75) is 63.5 Å². The zero-order valence-corrected chi connectivity index (χ0v) is 14.9. The summed E-state index contributed by atoms with van der Waals surface area (Å²) in [6.45, 7) is 4.99. The predicted octanol–water partition coefficient (Wildman–Crippen LogP) is 2.91. The van der Waals surface area contributed by atoms with Crippen molar-refractivity contribution in [1.82, 2.24) is 10.2 Å². The van der Waals surface area contributed by atoms with Gasteiger partial charge in [0, 0.05) is 6.54 Å². The molecule has 0 radical (unpaired) electrons. The molecule has 0 spiro atoms. The summed E-state index contributed by atoms with van der Waals surface area (Å²) in [5.41, 5.74) is 8.28. The second-order valence-electron chi connectivity index (χ2n) is 7.60. The molecule has 1 aromatic carbocycles. The Balaban J connectivity index is 1.67. The van der Waals surface area contributed by atoms with Gasteiger partial charge in [-0.15, -0.1) is 0 Å². The maximum Gasteiger partial charge on any atom is 0.240 e. The lowest BCUT2D eigenvalue weighted by atomic mass is 9.82. The fourth-order valence-corrected chi connectivity index (χ4v) is 4.07. The molecule has 1 aromatic rings. The number of carbonyl (C=O) groups excluding carboxylic acids is 1. The van der Waals surface area contributed by atoms with Crippen LogP contribution in [0.2, 0.25) is 0 Å². The zero-order valence-electron chi connectivity index (χ0n) is 14.9. The summed E-state index contributed by atoms with van der Waals surface area (Å²) in [5.74, 6) is 0.0403. The fraction of sp³-hybridized carbons (Fsp3) is 0.650. The molecule has 1 saturated carbocycles. The maximum atomic E-state index is 12.7. The van der Waals surface area contributed by atoms with Crippen LogP contribution in [0.25, 0.3) is 0 Å². The first-order chi connectivity index (χ1) is 11.6. The molecule has 1 aliphatic heterocycles. The topological polar surface area (TPSA) is 58.4 Å². The number of nitrogens with zero attached hydrogens (tertiary/aromatic N) is 1. The van der Waals surface area contributed by atoms with Crippen molar-refractivity contribution in [1.29, 1.82) is 0 Å². The SMILES string of the molecule is Cc1ccc(C(CNC(=O)C2(N)CCCCC2)N2CCCC2)cc1. The van der Waals surface area contributed by atoms with E-state index in [1.165, 1.54) is 30.4 Å². The van der Waals surface area contributed by atoms with E-state index in [2.05, 4.69) is 41.4 Å². The molecule has 1 heterocycles. The van der Waals surface area contributed by atoms with Gasteiger partial charge < -0.3 is 11.1 Å². The van der Waals surface area contributed by atoms with Crippen molar-refractivity contribution >= 4 is 5.91 Å². The Morgan fingerprint density at radius 1 is 1.12 bits per heavy atom. The Morgan fingerprint density at radius 2 is 1.75 bits per heavy atom. The standard InChI is InChI=1S/C20H31N3O/c1-16-7-9-17(10-8-16)18(23-13-5-6-14-23)15-22-19(24)20(21)11-3-2-4-12-20/h7-10,18H,2-6,11-15,21H2,1H3,(H,22,24). The summed E-state index contributed by atoms with van der Waals surface area (Å²) in [4.78, 5) is 15.2. The first-order valence-corrected chi connectivity index (χ1v) is 9.46. The monoisotopic (exact) mass is 329 g/mol. The number of carbonyl (C=O) groups is 1. The molecule has 1 amide bonds. The highest BCUT2D eigenvalue weighted by Gasteiger charge is 2.35. The van der Waals surface area contributed by atoms with Crippen LogP contribution >= 0.6 is 0 Å². The minimum atomic E-state index is -0.652. The molecule has 1 saturated heterocycles. The third-order valence-corrected chi connectivity index (χ3v) is 5.70. The first-order valence-electron chi connectivity index (χ1n) is 9.46. The van der Waals surface area contributed by atoms with Crippen LogP contribution in [0.1, 0.15) is 62.1 Å². The predicted molar refractivity (Wildman–Crippen MR) is 97.7 cm³/mol. The lowest BCUT2D eigenvalue weighted by Gasteiger charge is -2.34. The summed E-state index contributed by atoms with van der Waals surface area (Å²) < 4.78 is 0. The Labute approximate surface area is 145 Å². The van der Waals surface area contributed by atoms with Gasteiger partial charge in [-0.05, 0) is 51.3 Å². The molecule has 4 heteroatoms. The molecule has 2 fully saturated rings. The Bertz CT molecular complexity index is 543. The molecule has 132 valence electrons. The van der Waals surface area contributed by atoms with E-state index in [0.29, 0.717) is 6.54 Å². The van der Waals surface area contributed by atoms with Crippen molar-refractivity contribution in [2.75, 3.05) is 19.6 Å². The van der Waals surface area contributed by atoms with E-state index in [4.69, 9.17) is 5.73 Å². The van der Waals surface area contributed by atoms with Crippen LogP contribution in [0.15, 0.2) is 24.3 Å². The Hall–Kier alpha value is -1.39. The van der Waals surface area contributed by atoms with Crippen LogP contribution < -0.4 is 11.1 Å². The average molecular weight is 329 g/mol. The maximum absolute atomic E-state index is 12.7. The summed E-state index contributed by atoms with van der Waals surface area (Å²) >= 11 is 0. The van der Waals surface area contributed by atoms with E-state index in [1.54, 1.807) is 0 Å². The minimum Gasteiger partial charge on any atom is -0.353 e. The van der Waals surface area contributed by atoms with Crippen molar-refractivity contribution < 1.29 is 4.79 Å². The molecule has 3 rings (SSSR count). The number of aryl methyl sites for hydroxylation is 1. The zero-order chi connectivity index (χ0) is 17.0. The van der Waals surface area contributed by atoms with Gasteiger partial charge >= 0.3 is 0 Å². The smallest absolute Gasteiger partial charge is 0.240 e. The third-order valence-electron chi connectivity index (χ3n) is 5.70. The second-order valence-corrected chi connectivity index (χ2v) is 7.60. The number of likely N-dealkylation sites (tertiary alicyclic amines) is 1. The fourth-order valence-electron chi connectivity index (χ4n) is 4.07. The Morgan fingerprint density at radius 3 is 2.38 bits per heavy atom. The molecule has 0 aromatic heterocycles. The van der Waals surface area contributed by atoms with Crippen LogP contribution in [-0.4, -0.2) is 36.0 Å². The van der Waals surface area contributed by atoms with Gasteiger partial charge in [0.05, 0.1) is 11.6 Å². The molecule has 3 N–H and O–H groups in total. The highest BCUT2D eigenvalue weighted by atomic mass is 16.2. The molecule has 1 atom stereocenters. The van der Waals surface area contributed by atoms with E-state index >= 15 is 0 Å². The molecule has 1 aliphatic carbocycles. The van der Waals surface area contributed by atoms with Gasteiger partial charge in [0.15, 0.2) is 0 Å². The molecule has 4 nitrogen and oxygen atoms in total. The van der Waals surface area contributed by atoms with Crippen LogP contribution in [0.4, 0.5) is 0 Å².